The molecule has 1 heterocycles. The van der Waals surface area contributed by atoms with Crippen LogP contribution >= 0.6 is 0 Å². The van der Waals surface area contributed by atoms with Crippen LogP contribution in [-0.2, 0) is 6.42 Å². The van der Waals surface area contributed by atoms with E-state index in [1.165, 1.54) is 50.5 Å². The zero-order valence-corrected chi connectivity index (χ0v) is 13.9. The Morgan fingerprint density at radius 1 is 0.818 bits per heavy atom. The maximum Gasteiger partial charge on any atom is 0.0702 e. The molecule has 117 valence electrons. The van der Waals surface area contributed by atoms with Crippen molar-refractivity contribution in [3.05, 3.63) is 60.6 Å². The van der Waals surface area contributed by atoms with E-state index >= 15 is 0 Å². The monoisotopic (exact) mass is 294 g/mol. The van der Waals surface area contributed by atoms with E-state index in [9.17, 15) is 0 Å². The first-order valence-electron chi connectivity index (χ1n) is 8.67. The summed E-state index contributed by atoms with van der Waals surface area (Å²) in [7, 11) is 0. The van der Waals surface area contributed by atoms with Gasteiger partial charge in [0.05, 0.1) is 5.69 Å². The summed E-state index contributed by atoms with van der Waals surface area (Å²) < 4.78 is 0. The van der Waals surface area contributed by atoms with E-state index in [1.807, 2.05) is 18.3 Å². The summed E-state index contributed by atoms with van der Waals surface area (Å²) >= 11 is 0. The second-order valence-electron chi connectivity index (χ2n) is 6.12. The van der Waals surface area contributed by atoms with Gasteiger partial charge in [-0.25, -0.2) is 0 Å². The average molecular weight is 294 g/mol. The van der Waals surface area contributed by atoms with Gasteiger partial charge in [0.2, 0.25) is 0 Å². The van der Waals surface area contributed by atoms with E-state index < -0.39 is 0 Å². The summed E-state index contributed by atoms with van der Waals surface area (Å²) in [4.78, 5) is 4.60. The molecule has 0 amide bonds. The first-order chi connectivity index (χ1) is 10.8. The molecule has 0 N–H and O–H groups in total. The lowest BCUT2D eigenvalue weighted by atomic mass is 10.0. The van der Waals surface area contributed by atoms with E-state index in [1.54, 1.807) is 0 Å². The van der Waals surface area contributed by atoms with Gasteiger partial charge in [-0.05, 0) is 37.0 Å². The van der Waals surface area contributed by atoms with Crippen LogP contribution in [0.15, 0.2) is 42.6 Å². The summed E-state index contributed by atoms with van der Waals surface area (Å²) in [6.45, 7) is 6.18. The van der Waals surface area contributed by atoms with E-state index in [4.69, 9.17) is 0 Å². The van der Waals surface area contributed by atoms with Gasteiger partial charge < -0.3 is 0 Å². The van der Waals surface area contributed by atoms with Gasteiger partial charge >= 0.3 is 0 Å². The molecule has 2 rings (SSSR count). The van der Waals surface area contributed by atoms with Gasteiger partial charge in [-0.15, -0.1) is 0 Å². The van der Waals surface area contributed by atoms with E-state index in [0.717, 1.165) is 23.2 Å². The van der Waals surface area contributed by atoms with Crippen LogP contribution in [0.2, 0.25) is 0 Å². The lowest BCUT2D eigenvalue weighted by molar-refractivity contribution is 0.589. The SMILES string of the molecule is [CH2]c1ccc(-c2ccc(CCCCCCCCC)cn2)cc1. The van der Waals surface area contributed by atoms with Crippen LogP contribution in [0.5, 0.6) is 0 Å². The van der Waals surface area contributed by atoms with Gasteiger partial charge in [0, 0.05) is 11.8 Å². The number of aryl methyl sites for hydroxylation is 1. The molecule has 1 aromatic carbocycles. The molecule has 0 bridgehead atoms. The zero-order chi connectivity index (χ0) is 15.6. The van der Waals surface area contributed by atoms with Crippen molar-refractivity contribution in [2.75, 3.05) is 0 Å². The molecule has 22 heavy (non-hydrogen) atoms. The zero-order valence-electron chi connectivity index (χ0n) is 13.9. The van der Waals surface area contributed by atoms with Crippen LogP contribution in [0.3, 0.4) is 0 Å². The highest BCUT2D eigenvalue weighted by molar-refractivity contribution is 5.59. The molecular weight excluding hydrogens is 266 g/mol. The number of pyridine rings is 1. The smallest absolute Gasteiger partial charge is 0.0702 e. The van der Waals surface area contributed by atoms with Crippen LogP contribution in [0.1, 0.15) is 63.0 Å². The molecule has 0 unspecified atom stereocenters. The summed E-state index contributed by atoms with van der Waals surface area (Å²) in [5.41, 5.74) is 4.60. The molecule has 0 aliphatic heterocycles. The Balaban J connectivity index is 1.74. The Labute approximate surface area is 135 Å². The molecule has 0 saturated carbocycles. The summed E-state index contributed by atoms with van der Waals surface area (Å²) in [6.07, 6.45) is 12.7. The van der Waals surface area contributed by atoms with Crippen molar-refractivity contribution in [3.8, 4) is 11.3 Å². The van der Waals surface area contributed by atoms with E-state index in [0.29, 0.717) is 0 Å². The highest BCUT2D eigenvalue weighted by Gasteiger charge is 2.00. The number of benzene rings is 1. The van der Waals surface area contributed by atoms with E-state index in [-0.39, 0.29) is 0 Å². The fourth-order valence-corrected chi connectivity index (χ4v) is 2.70. The largest absolute Gasteiger partial charge is 0.256 e. The molecule has 1 aromatic heterocycles. The lowest BCUT2D eigenvalue weighted by Gasteiger charge is -2.05. The van der Waals surface area contributed by atoms with Crippen molar-refractivity contribution in [3.63, 3.8) is 0 Å². The second-order valence-corrected chi connectivity index (χ2v) is 6.12. The van der Waals surface area contributed by atoms with Crippen molar-refractivity contribution < 1.29 is 0 Å². The van der Waals surface area contributed by atoms with Gasteiger partial charge in [-0.1, -0.05) is 75.8 Å². The molecule has 0 atom stereocenters. The van der Waals surface area contributed by atoms with Crippen LogP contribution in [-0.4, -0.2) is 4.98 Å². The quantitative estimate of drug-likeness (QED) is 0.500. The van der Waals surface area contributed by atoms with Crippen LogP contribution in [0, 0.1) is 6.92 Å². The molecule has 2 aromatic rings. The van der Waals surface area contributed by atoms with Crippen molar-refractivity contribution in [1.82, 2.24) is 4.98 Å². The average Bonchev–Trinajstić information content (AvgIpc) is 2.55. The fraction of sp³-hybridized carbons (Fsp3) is 0.429. The Kier molecular flexibility index (Phi) is 7.15. The van der Waals surface area contributed by atoms with Gasteiger partial charge in [-0.3, -0.25) is 4.98 Å². The number of unbranched alkanes of at least 4 members (excludes halogenated alkanes) is 6. The first-order valence-corrected chi connectivity index (χ1v) is 8.67. The Bertz CT molecular complexity index is 525. The third kappa shape index (κ3) is 5.63. The van der Waals surface area contributed by atoms with Gasteiger partial charge in [0.25, 0.3) is 0 Å². The number of hydrogen-bond acceptors (Lipinski definition) is 1. The van der Waals surface area contributed by atoms with Crippen LogP contribution < -0.4 is 0 Å². The summed E-state index contributed by atoms with van der Waals surface area (Å²) in [6, 6.07) is 12.6. The van der Waals surface area contributed by atoms with Crippen molar-refractivity contribution in [2.24, 2.45) is 0 Å². The maximum absolute atomic E-state index is 4.60. The van der Waals surface area contributed by atoms with E-state index in [2.05, 4.69) is 43.1 Å². The summed E-state index contributed by atoms with van der Waals surface area (Å²) in [5.74, 6) is 0. The van der Waals surface area contributed by atoms with Gasteiger partial charge in [0.1, 0.15) is 0 Å². The molecule has 0 aliphatic rings. The standard InChI is InChI=1S/C21H28N/c1-3-4-5-6-7-8-9-10-19-13-16-21(22-17-19)20-14-11-18(2)12-15-20/h11-17H,2-10H2,1H3. The lowest BCUT2D eigenvalue weighted by Crippen LogP contribution is -1.90. The third-order valence-corrected chi connectivity index (χ3v) is 4.14. The number of nitrogens with zero attached hydrogens (tertiary/aromatic N) is 1. The van der Waals surface area contributed by atoms with Gasteiger partial charge in [0.15, 0.2) is 0 Å². The topological polar surface area (TPSA) is 12.9 Å². The highest BCUT2D eigenvalue weighted by atomic mass is 14.7. The molecular formula is C21H28N. The number of aromatic nitrogens is 1. The second kappa shape index (κ2) is 9.40. The molecule has 0 fully saturated rings. The molecule has 0 aliphatic carbocycles. The predicted octanol–water partition coefficient (Wildman–Crippen LogP) is 6.22. The maximum atomic E-state index is 4.60. The molecule has 0 saturated heterocycles. The van der Waals surface area contributed by atoms with Crippen LogP contribution in [0.25, 0.3) is 11.3 Å². The first kappa shape index (κ1) is 16.7. The fourth-order valence-electron chi connectivity index (χ4n) is 2.70. The minimum absolute atomic E-state index is 1.04. The molecule has 1 nitrogen and oxygen atoms in total. The molecule has 1 radical (unpaired) electrons. The number of rotatable bonds is 9. The Morgan fingerprint density at radius 3 is 2.14 bits per heavy atom. The van der Waals surface area contributed by atoms with Gasteiger partial charge in [-0.2, -0.15) is 0 Å². The predicted molar refractivity (Wildman–Crippen MR) is 95.8 cm³/mol. The minimum atomic E-state index is 1.04. The molecule has 0 spiro atoms. The van der Waals surface area contributed by atoms with Crippen molar-refractivity contribution in [1.29, 1.82) is 0 Å². The van der Waals surface area contributed by atoms with Crippen LogP contribution in [0.4, 0.5) is 0 Å². The highest BCUT2D eigenvalue weighted by Crippen LogP contribution is 2.18. The van der Waals surface area contributed by atoms with Crippen molar-refractivity contribution in [2.45, 2.75) is 58.3 Å². The summed E-state index contributed by atoms with van der Waals surface area (Å²) in [5, 5.41) is 0. The Hall–Kier alpha value is -1.63. The molecule has 1 heteroatoms. The van der Waals surface area contributed by atoms with Crippen molar-refractivity contribution >= 4 is 0 Å². The normalized spacial score (nSPS) is 10.8. The number of hydrogen-bond donors (Lipinski definition) is 0. The third-order valence-electron chi connectivity index (χ3n) is 4.14. The minimum Gasteiger partial charge on any atom is -0.256 e. The Morgan fingerprint density at radius 2 is 1.50 bits per heavy atom.